The van der Waals surface area contributed by atoms with Crippen LogP contribution in [-0.4, -0.2) is 38.6 Å². The summed E-state index contributed by atoms with van der Waals surface area (Å²) in [5, 5.41) is 15.8. The Hall–Kier alpha value is -3.75. The molecule has 1 unspecified atom stereocenters. The molecule has 2 heterocycles. The van der Waals surface area contributed by atoms with E-state index >= 15 is 4.39 Å². The summed E-state index contributed by atoms with van der Waals surface area (Å²) in [6, 6.07) is 5.14. The van der Waals surface area contributed by atoms with Gasteiger partial charge < -0.3 is 20.3 Å². The van der Waals surface area contributed by atoms with Crippen LogP contribution in [0.15, 0.2) is 47.7 Å². The first-order valence-electron chi connectivity index (χ1n) is 13.8. The van der Waals surface area contributed by atoms with E-state index in [1.807, 2.05) is 18.4 Å². The lowest BCUT2D eigenvalue weighted by molar-refractivity contribution is -0.139. The molecule has 2 aromatic heterocycles. The van der Waals surface area contributed by atoms with Crippen molar-refractivity contribution in [1.29, 1.82) is 0 Å². The standard InChI is InChI=1S/C30H37FN4O4/c1-4-21(5-2)35-17-23(29(37)34-27(30(38)39)18(3)19-10-9-13-32-16-19)28(36)22-14-24(31)25(15-26(22)35)33-20-11-7-6-8-12-20/h9-10,13-18,20-21,27,33H,4-8,11-12H2,1-3H3,(H,34,37)(H,38,39)/t18?,27-/m1/s1. The molecule has 1 aliphatic carbocycles. The van der Waals surface area contributed by atoms with Gasteiger partial charge in [-0.05, 0) is 49.4 Å². The molecule has 1 aliphatic rings. The van der Waals surface area contributed by atoms with Crippen molar-refractivity contribution in [2.75, 3.05) is 5.32 Å². The first-order chi connectivity index (χ1) is 18.7. The van der Waals surface area contributed by atoms with Gasteiger partial charge in [0.05, 0.1) is 11.2 Å². The van der Waals surface area contributed by atoms with Gasteiger partial charge in [0, 0.05) is 42.0 Å². The van der Waals surface area contributed by atoms with Crippen molar-refractivity contribution >= 4 is 28.5 Å². The number of fused-ring (bicyclic) bond motifs is 1. The highest BCUT2D eigenvalue weighted by Gasteiger charge is 2.30. The van der Waals surface area contributed by atoms with Crippen molar-refractivity contribution < 1.29 is 19.1 Å². The van der Waals surface area contributed by atoms with Gasteiger partial charge in [0.15, 0.2) is 0 Å². The molecule has 0 radical (unpaired) electrons. The van der Waals surface area contributed by atoms with Crippen LogP contribution in [0.1, 0.15) is 93.6 Å². The van der Waals surface area contributed by atoms with Crippen molar-refractivity contribution in [2.24, 2.45) is 0 Å². The third-order valence-corrected chi connectivity index (χ3v) is 7.93. The summed E-state index contributed by atoms with van der Waals surface area (Å²) in [5.41, 5.74) is 0.682. The molecule has 1 aromatic carbocycles. The number of rotatable bonds is 10. The second kappa shape index (κ2) is 12.4. The Kier molecular flexibility index (Phi) is 8.99. The molecule has 0 aliphatic heterocycles. The van der Waals surface area contributed by atoms with Gasteiger partial charge in [-0.15, -0.1) is 0 Å². The summed E-state index contributed by atoms with van der Waals surface area (Å²) in [5.74, 6) is -3.19. The zero-order chi connectivity index (χ0) is 28.1. The van der Waals surface area contributed by atoms with E-state index in [-0.39, 0.29) is 23.0 Å². The van der Waals surface area contributed by atoms with E-state index in [1.165, 1.54) is 18.7 Å². The average molecular weight is 537 g/mol. The van der Waals surface area contributed by atoms with Crippen molar-refractivity contribution in [3.8, 4) is 0 Å². The number of aliphatic carboxylic acids is 1. The molecule has 1 fully saturated rings. The number of nitrogens with one attached hydrogen (secondary N) is 2. The Morgan fingerprint density at radius 2 is 1.90 bits per heavy atom. The number of amides is 1. The minimum Gasteiger partial charge on any atom is -0.480 e. The molecule has 3 N–H and O–H groups in total. The number of benzene rings is 1. The first kappa shape index (κ1) is 28.3. The van der Waals surface area contributed by atoms with Crippen molar-refractivity contribution in [2.45, 2.75) is 89.8 Å². The number of carboxylic acid groups (broad SMARTS) is 1. The van der Waals surface area contributed by atoms with Crippen molar-refractivity contribution in [1.82, 2.24) is 14.9 Å². The molecule has 208 valence electrons. The minimum atomic E-state index is -1.29. The van der Waals surface area contributed by atoms with Gasteiger partial charge in [0.25, 0.3) is 5.91 Å². The molecule has 8 nitrogen and oxygen atoms in total. The Bertz CT molecular complexity index is 1380. The van der Waals surface area contributed by atoms with Crippen LogP contribution in [0, 0.1) is 5.82 Å². The Morgan fingerprint density at radius 1 is 1.18 bits per heavy atom. The number of carboxylic acids is 1. The highest BCUT2D eigenvalue weighted by atomic mass is 19.1. The number of anilines is 1. The molecule has 0 spiro atoms. The quantitative estimate of drug-likeness (QED) is 0.310. The summed E-state index contributed by atoms with van der Waals surface area (Å²) in [4.78, 5) is 43.1. The summed E-state index contributed by atoms with van der Waals surface area (Å²) < 4.78 is 17.2. The smallest absolute Gasteiger partial charge is 0.326 e. The second-order valence-corrected chi connectivity index (χ2v) is 10.4. The first-order valence-corrected chi connectivity index (χ1v) is 13.8. The lowest BCUT2D eigenvalue weighted by atomic mass is 9.94. The van der Waals surface area contributed by atoms with Gasteiger partial charge in [-0.3, -0.25) is 14.6 Å². The summed E-state index contributed by atoms with van der Waals surface area (Å²) >= 11 is 0. The normalized spacial score (nSPS) is 15.7. The molecule has 39 heavy (non-hydrogen) atoms. The lowest BCUT2D eigenvalue weighted by Crippen LogP contribution is -2.45. The largest absolute Gasteiger partial charge is 0.480 e. The lowest BCUT2D eigenvalue weighted by Gasteiger charge is -2.26. The van der Waals surface area contributed by atoms with Crippen LogP contribution in [0.4, 0.5) is 10.1 Å². The van der Waals surface area contributed by atoms with Crippen LogP contribution in [-0.2, 0) is 4.79 Å². The molecular formula is C30H37FN4O4. The highest BCUT2D eigenvalue weighted by Crippen LogP contribution is 2.29. The van der Waals surface area contributed by atoms with E-state index in [0.29, 0.717) is 16.8 Å². The zero-order valence-corrected chi connectivity index (χ0v) is 22.7. The number of hydrogen-bond acceptors (Lipinski definition) is 5. The van der Waals surface area contributed by atoms with E-state index in [1.54, 1.807) is 37.5 Å². The number of aromatic nitrogens is 2. The molecular weight excluding hydrogens is 499 g/mol. The van der Waals surface area contributed by atoms with Gasteiger partial charge in [0.2, 0.25) is 5.43 Å². The SMILES string of the molecule is CCC(CC)n1cc(C(=O)N[C@@H](C(=O)O)C(C)c2cccnc2)c(=O)c2cc(F)c(NC3CCCCC3)cc21. The number of carbonyl (C=O) groups excluding carboxylic acids is 1. The van der Waals surface area contributed by atoms with Crippen LogP contribution < -0.4 is 16.1 Å². The third kappa shape index (κ3) is 6.13. The topological polar surface area (TPSA) is 113 Å². The predicted molar refractivity (Wildman–Crippen MR) is 150 cm³/mol. The number of nitrogens with zero attached hydrogens (tertiary/aromatic N) is 2. The molecule has 9 heteroatoms. The molecule has 0 saturated heterocycles. The van der Waals surface area contributed by atoms with E-state index < -0.39 is 35.1 Å². The Labute approximate surface area is 227 Å². The van der Waals surface area contributed by atoms with Crippen molar-refractivity contribution in [3.05, 3.63) is 70.0 Å². The van der Waals surface area contributed by atoms with Gasteiger partial charge in [-0.2, -0.15) is 0 Å². The zero-order valence-electron chi connectivity index (χ0n) is 22.7. The summed E-state index contributed by atoms with van der Waals surface area (Å²) in [6.45, 7) is 5.70. The Balaban J connectivity index is 1.76. The van der Waals surface area contributed by atoms with Gasteiger partial charge in [-0.1, -0.05) is 46.1 Å². The van der Waals surface area contributed by atoms with Crippen LogP contribution in [0.25, 0.3) is 10.9 Å². The van der Waals surface area contributed by atoms with E-state index in [0.717, 1.165) is 38.5 Å². The fourth-order valence-electron chi connectivity index (χ4n) is 5.55. The fraction of sp³-hybridized carbons (Fsp3) is 0.467. The third-order valence-electron chi connectivity index (χ3n) is 7.93. The number of halogens is 1. The molecule has 2 atom stereocenters. The highest BCUT2D eigenvalue weighted by molar-refractivity contribution is 5.99. The maximum absolute atomic E-state index is 15.3. The van der Waals surface area contributed by atoms with Crippen LogP contribution >= 0.6 is 0 Å². The number of carbonyl (C=O) groups is 2. The van der Waals surface area contributed by atoms with Crippen molar-refractivity contribution in [3.63, 3.8) is 0 Å². The number of pyridine rings is 2. The summed E-state index contributed by atoms with van der Waals surface area (Å²) in [7, 11) is 0. The average Bonchev–Trinajstić information content (AvgIpc) is 2.94. The van der Waals surface area contributed by atoms with E-state index in [4.69, 9.17) is 0 Å². The molecule has 3 aromatic rings. The predicted octanol–water partition coefficient (Wildman–Crippen LogP) is 5.63. The van der Waals surface area contributed by atoms with Crippen LogP contribution in [0.3, 0.4) is 0 Å². The summed E-state index contributed by atoms with van der Waals surface area (Å²) in [6.07, 6.45) is 11.4. The van der Waals surface area contributed by atoms with E-state index in [9.17, 15) is 19.5 Å². The molecule has 1 amide bonds. The Morgan fingerprint density at radius 3 is 2.51 bits per heavy atom. The molecule has 4 rings (SSSR count). The minimum absolute atomic E-state index is 0.0442. The van der Waals surface area contributed by atoms with E-state index in [2.05, 4.69) is 15.6 Å². The maximum atomic E-state index is 15.3. The monoisotopic (exact) mass is 536 g/mol. The number of hydrogen-bond donors (Lipinski definition) is 3. The van der Waals surface area contributed by atoms with Crippen LogP contribution in [0.5, 0.6) is 0 Å². The van der Waals surface area contributed by atoms with Gasteiger partial charge in [0.1, 0.15) is 17.4 Å². The molecule has 1 saturated carbocycles. The van der Waals surface area contributed by atoms with Crippen LogP contribution in [0.2, 0.25) is 0 Å². The van der Waals surface area contributed by atoms with Gasteiger partial charge >= 0.3 is 5.97 Å². The maximum Gasteiger partial charge on any atom is 0.326 e. The fourth-order valence-corrected chi connectivity index (χ4v) is 5.55. The van der Waals surface area contributed by atoms with Gasteiger partial charge in [-0.25, -0.2) is 9.18 Å². The second-order valence-electron chi connectivity index (χ2n) is 10.4. The molecule has 0 bridgehead atoms.